The summed E-state index contributed by atoms with van der Waals surface area (Å²) in [7, 11) is 1.41. The van der Waals surface area contributed by atoms with E-state index in [4.69, 9.17) is 27.9 Å². The molecule has 1 aromatic heterocycles. The number of urea groups is 1. The largest absolute Gasteiger partial charge is 0.445 e. The molecule has 1 atom stereocenters. The molecular weight excluding hydrogens is 432 g/mol. The summed E-state index contributed by atoms with van der Waals surface area (Å²) < 4.78 is 43.5. The number of likely N-dealkylation sites (N-methyl/N-ethyl adjacent to an activating group) is 1. The number of benzene rings is 1. The third kappa shape index (κ3) is 3.94. The van der Waals surface area contributed by atoms with Crippen molar-refractivity contribution in [1.29, 1.82) is 0 Å². The first-order chi connectivity index (χ1) is 12.6. The lowest BCUT2D eigenvalue weighted by atomic mass is 10.2. The van der Waals surface area contributed by atoms with Crippen molar-refractivity contribution < 1.29 is 27.5 Å². The molecule has 2 amide bonds. The molecule has 13 heteroatoms. The number of nitrogens with zero attached hydrogens (tertiary/aromatic N) is 4. The number of carbonyl (C=O) groups excluding carboxylic acids is 2. The van der Waals surface area contributed by atoms with Crippen molar-refractivity contribution >= 4 is 51.7 Å². The van der Waals surface area contributed by atoms with E-state index in [2.05, 4.69) is 10.2 Å². The van der Waals surface area contributed by atoms with Crippen LogP contribution in [0.3, 0.4) is 0 Å². The smallest absolute Gasteiger partial charge is 0.435 e. The maximum absolute atomic E-state index is 12.7. The van der Waals surface area contributed by atoms with Gasteiger partial charge in [0.2, 0.25) is 16.4 Å². The van der Waals surface area contributed by atoms with Crippen molar-refractivity contribution in [3.8, 4) is 0 Å². The summed E-state index contributed by atoms with van der Waals surface area (Å²) in [5, 5.41) is 5.26. The van der Waals surface area contributed by atoms with Crippen LogP contribution in [0.1, 0.15) is 15.4 Å². The van der Waals surface area contributed by atoms with Gasteiger partial charge in [-0.05, 0) is 18.2 Å². The van der Waals surface area contributed by atoms with Gasteiger partial charge in [0, 0.05) is 7.05 Å². The van der Waals surface area contributed by atoms with E-state index < -0.39 is 29.4 Å². The molecule has 1 fully saturated rings. The summed E-state index contributed by atoms with van der Waals surface area (Å²) in [5.74, 6) is -0.827. The standard InChI is InChI=1S/C14H9Cl2F3N4O3S/c1-22-5-9(26-10(24)6-2-3-7(15)8(16)4-6)23(13(22)25)12-21-20-11(27-12)14(17,18)19/h2-4,9H,5H2,1H3. The maximum atomic E-state index is 12.7. The van der Waals surface area contributed by atoms with Gasteiger partial charge in [0.1, 0.15) is 0 Å². The Kier molecular flexibility index (Phi) is 5.19. The van der Waals surface area contributed by atoms with Gasteiger partial charge in [-0.15, -0.1) is 10.2 Å². The number of hydrogen-bond donors (Lipinski definition) is 0. The van der Waals surface area contributed by atoms with Crippen LogP contribution in [0.2, 0.25) is 10.0 Å². The molecule has 144 valence electrons. The van der Waals surface area contributed by atoms with Gasteiger partial charge in [-0.25, -0.2) is 14.5 Å². The molecule has 1 aromatic carbocycles. The Hall–Kier alpha value is -2.11. The van der Waals surface area contributed by atoms with Crippen molar-refractivity contribution in [1.82, 2.24) is 15.1 Å². The fourth-order valence-corrected chi connectivity index (χ4v) is 3.28. The lowest BCUT2D eigenvalue weighted by molar-refractivity contribution is -0.138. The fraction of sp³-hybridized carbons (Fsp3) is 0.286. The van der Waals surface area contributed by atoms with Crippen molar-refractivity contribution in [2.45, 2.75) is 12.4 Å². The number of hydrogen-bond acceptors (Lipinski definition) is 6. The minimum atomic E-state index is -4.70. The molecule has 0 radical (unpaired) electrons. The topological polar surface area (TPSA) is 75.6 Å². The van der Waals surface area contributed by atoms with E-state index in [0.29, 0.717) is 0 Å². The third-order valence-electron chi connectivity index (χ3n) is 3.51. The number of carbonyl (C=O) groups is 2. The van der Waals surface area contributed by atoms with Crippen molar-refractivity contribution in [2.24, 2.45) is 0 Å². The average molecular weight is 441 g/mol. The molecule has 0 N–H and O–H groups in total. The molecule has 1 saturated heterocycles. The number of ether oxygens (including phenoxy) is 1. The van der Waals surface area contributed by atoms with Crippen LogP contribution >= 0.6 is 34.5 Å². The van der Waals surface area contributed by atoms with Gasteiger partial charge in [-0.1, -0.05) is 34.5 Å². The highest BCUT2D eigenvalue weighted by molar-refractivity contribution is 7.15. The second kappa shape index (κ2) is 7.13. The van der Waals surface area contributed by atoms with Crippen LogP contribution < -0.4 is 4.90 Å². The highest BCUT2D eigenvalue weighted by Gasteiger charge is 2.43. The van der Waals surface area contributed by atoms with E-state index >= 15 is 0 Å². The van der Waals surface area contributed by atoms with E-state index in [9.17, 15) is 22.8 Å². The van der Waals surface area contributed by atoms with Gasteiger partial charge in [0.25, 0.3) is 0 Å². The minimum absolute atomic E-state index is 0.0627. The van der Waals surface area contributed by atoms with Gasteiger partial charge in [-0.3, -0.25) is 0 Å². The van der Waals surface area contributed by atoms with E-state index in [1.807, 2.05) is 0 Å². The summed E-state index contributed by atoms with van der Waals surface area (Å²) in [6, 6.07) is 3.37. The summed E-state index contributed by atoms with van der Waals surface area (Å²) >= 11 is 11.8. The Morgan fingerprint density at radius 2 is 2.00 bits per heavy atom. The molecule has 1 aliphatic rings. The molecule has 0 aliphatic carbocycles. The normalized spacial score (nSPS) is 17.6. The summed E-state index contributed by atoms with van der Waals surface area (Å²) in [5.41, 5.74) is 0.0691. The monoisotopic (exact) mass is 440 g/mol. The van der Waals surface area contributed by atoms with Crippen LogP contribution in [-0.4, -0.2) is 46.9 Å². The lowest BCUT2D eigenvalue weighted by Gasteiger charge is -2.19. The second-order valence-corrected chi connectivity index (χ2v) is 7.18. The van der Waals surface area contributed by atoms with Crippen LogP contribution in [0.4, 0.5) is 23.1 Å². The number of aromatic nitrogens is 2. The van der Waals surface area contributed by atoms with Crippen LogP contribution in [0.15, 0.2) is 18.2 Å². The van der Waals surface area contributed by atoms with Gasteiger partial charge in [-0.2, -0.15) is 13.2 Å². The number of rotatable bonds is 3. The van der Waals surface area contributed by atoms with Crippen LogP contribution in [0.5, 0.6) is 0 Å². The van der Waals surface area contributed by atoms with E-state index in [1.54, 1.807) is 0 Å². The zero-order valence-corrected chi connectivity index (χ0v) is 15.7. The van der Waals surface area contributed by atoms with Gasteiger partial charge in [0.15, 0.2) is 0 Å². The van der Waals surface area contributed by atoms with Gasteiger partial charge >= 0.3 is 18.2 Å². The minimum Gasteiger partial charge on any atom is -0.435 e. The zero-order chi connectivity index (χ0) is 19.9. The third-order valence-corrected chi connectivity index (χ3v) is 5.22. The predicted molar refractivity (Wildman–Crippen MR) is 91.1 cm³/mol. The Morgan fingerprint density at radius 3 is 2.59 bits per heavy atom. The maximum Gasteiger partial charge on any atom is 0.445 e. The molecular formula is C14H9Cl2F3N4O3S. The first kappa shape index (κ1) is 19.6. The number of esters is 1. The first-order valence-electron chi connectivity index (χ1n) is 7.19. The SMILES string of the molecule is CN1CC(OC(=O)c2ccc(Cl)c(Cl)c2)N(c2nnc(C(F)(F)F)s2)C1=O. The van der Waals surface area contributed by atoms with Crippen LogP contribution in [0, 0.1) is 0 Å². The van der Waals surface area contributed by atoms with E-state index in [-0.39, 0.29) is 38.6 Å². The second-order valence-electron chi connectivity index (χ2n) is 5.41. The van der Waals surface area contributed by atoms with Crippen LogP contribution in [0.25, 0.3) is 0 Å². The Bertz CT molecular complexity index is 908. The molecule has 2 heterocycles. The fourth-order valence-electron chi connectivity index (χ4n) is 2.24. The molecule has 1 unspecified atom stereocenters. The van der Waals surface area contributed by atoms with Crippen LogP contribution in [-0.2, 0) is 10.9 Å². The highest BCUT2D eigenvalue weighted by atomic mass is 35.5. The highest BCUT2D eigenvalue weighted by Crippen LogP contribution is 2.36. The Balaban J connectivity index is 1.84. The predicted octanol–water partition coefficient (Wildman–Crippen LogP) is 3.92. The molecule has 0 saturated carbocycles. The van der Waals surface area contributed by atoms with Gasteiger partial charge < -0.3 is 9.64 Å². The van der Waals surface area contributed by atoms with E-state index in [0.717, 1.165) is 4.90 Å². The molecule has 0 spiro atoms. The van der Waals surface area contributed by atoms with Crippen molar-refractivity contribution in [3.05, 3.63) is 38.8 Å². The Labute approximate surface area is 164 Å². The lowest BCUT2D eigenvalue weighted by Crippen LogP contribution is -2.37. The Morgan fingerprint density at radius 1 is 1.30 bits per heavy atom. The summed E-state index contributed by atoms with van der Waals surface area (Å²) in [6.45, 7) is -0.0627. The zero-order valence-electron chi connectivity index (χ0n) is 13.3. The van der Waals surface area contributed by atoms with Crippen molar-refractivity contribution in [3.63, 3.8) is 0 Å². The number of alkyl halides is 3. The number of halogens is 5. The molecule has 7 nitrogen and oxygen atoms in total. The molecule has 27 heavy (non-hydrogen) atoms. The average Bonchev–Trinajstić information content (AvgIpc) is 3.15. The number of anilines is 1. The van der Waals surface area contributed by atoms with E-state index in [1.165, 1.54) is 30.1 Å². The first-order valence-corrected chi connectivity index (χ1v) is 8.76. The molecule has 0 bridgehead atoms. The number of amides is 2. The quantitative estimate of drug-likeness (QED) is 0.676. The molecule has 2 aromatic rings. The van der Waals surface area contributed by atoms with Gasteiger partial charge in [0.05, 0.1) is 22.2 Å². The van der Waals surface area contributed by atoms with Crippen molar-refractivity contribution in [2.75, 3.05) is 18.5 Å². The molecule has 3 rings (SSSR count). The molecule has 1 aliphatic heterocycles. The summed E-state index contributed by atoms with van der Waals surface area (Å²) in [6.07, 6.45) is -5.88. The summed E-state index contributed by atoms with van der Waals surface area (Å²) in [4.78, 5) is 26.6.